The average molecular weight is 299 g/mol. The fourth-order valence-electron chi connectivity index (χ4n) is 1.91. The summed E-state index contributed by atoms with van der Waals surface area (Å²) in [6.07, 6.45) is 0. The van der Waals surface area contributed by atoms with Crippen molar-refractivity contribution in [3.8, 4) is 5.88 Å². The lowest BCUT2D eigenvalue weighted by Gasteiger charge is -2.11. The molecule has 2 N–H and O–H groups in total. The summed E-state index contributed by atoms with van der Waals surface area (Å²) in [6, 6.07) is 2.86. The molecular weight excluding hydrogens is 287 g/mol. The molecule has 20 heavy (non-hydrogen) atoms. The van der Waals surface area contributed by atoms with Crippen LogP contribution < -0.4 is 10.5 Å². The van der Waals surface area contributed by atoms with E-state index < -0.39 is 11.8 Å². The molecule has 2 rings (SSSR count). The first-order valence-electron chi connectivity index (χ1n) is 5.67. The number of carbonyl (C=O) groups is 1. The SMILES string of the molecule is COC(=O)c1cc2cc(Cl)c(F)c(CN)c2nc1OC. The summed E-state index contributed by atoms with van der Waals surface area (Å²) in [6.45, 7) is -0.0728. The molecule has 0 unspecified atom stereocenters. The van der Waals surface area contributed by atoms with Crippen LogP contribution in [0.1, 0.15) is 15.9 Å². The topological polar surface area (TPSA) is 74.4 Å². The summed E-state index contributed by atoms with van der Waals surface area (Å²) in [5.74, 6) is -1.19. The van der Waals surface area contributed by atoms with E-state index in [1.807, 2.05) is 0 Å². The number of methoxy groups -OCH3 is 2. The van der Waals surface area contributed by atoms with Gasteiger partial charge in [0.05, 0.1) is 24.8 Å². The lowest BCUT2D eigenvalue weighted by molar-refractivity contribution is 0.0596. The van der Waals surface area contributed by atoms with E-state index in [1.165, 1.54) is 26.4 Å². The summed E-state index contributed by atoms with van der Waals surface area (Å²) in [5, 5.41) is 0.402. The Bertz CT molecular complexity index is 691. The monoisotopic (exact) mass is 298 g/mol. The molecule has 0 aliphatic carbocycles. The number of esters is 1. The second-order valence-corrected chi connectivity index (χ2v) is 4.37. The number of rotatable bonds is 3. The summed E-state index contributed by atoms with van der Waals surface area (Å²) < 4.78 is 23.6. The first-order valence-corrected chi connectivity index (χ1v) is 6.05. The number of nitrogens with two attached hydrogens (primary N) is 1. The van der Waals surface area contributed by atoms with E-state index in [4.69, 9.17) is 22.1 Å². The van der Waals surface area contributed by atoms with Gasteiger partial charge in [0, 0.05) is 17.5 Å². The van der Waals surface area contributed by atoms with Crippen LogP contribution in [0.4, 0.5) is 4.39 Å². The molecule has 0 spiro atoms. The Labute approximate surface area is 119 Å². The number of ether oxygens (including phenoxy) is 2. The molecule has 7 heteroatoms. The molecule has 0 saturated heterocycles. The van der Waals surface area contributed by atoms with E-state index in [0.29, 0.717) is 10.9 Å². The molecule has 1 aromatic heterocycles. The largest absolute Gasteiger partial charge is 0.480 e. The van der Waals surface area contributed by atoms with Gasteiger partial charge in [0.25, 0.3) is 0 Å². The predicted octanol–water partition coefficient (Wildman–Crippen LogP) is 2.28. The Balaban J connectivity index is 2.83. The molecule has 0 atom stereocenters. The first kappa shape index (κ1) is 14.5. The highest BCUT2D eigenvalue weighted by Crippen LogP contribution is 2.30. The van der Waals surface area contributed by atoms with Gasteiger partial charge in [-0.15, -0.1) is 0 Å². The van der Waals surface area contributed by atoms with Crippen LogP contribution in [0.25, 0.3) is 10.9 Å². The Morgan fingerprint density at radius 2 is 2.15 bits per heavy atom. The molecule has 0 aliphatic heterocycles. The third kappa shape index (κ3) is 2.28. The maximum absolute atomic E-state index is 13.9. The molecule has 5 nitrogen and oxygen atoms in total. The van der Waals surface area contributed by atoms with E-state index in [-0.39, 0.29) is 28.6 Å². The highest BCUT2D eigenvalue weighted by Gasteiger charge is 2.19. The van der Waals surface area contributed by atoms with Gasteiger partial charge in [0.1, 0.15) is 11.4 Å². The highest BCUT2D eigenvalue weighted by atomic mass is 35.5. The number of pyridine rings is 1. The van der Waals surface area contributed by atoms with E-state index in [2.05, 4.69) is 9.72 Å². The van der Waals surface area contributed by atoms with Crippen LogP contribution in [-0.4, -0.2) is 25.2 Å². The zero-order valence-corrected chi connectivity index (χ0v) is 11.6. The van der Waals surface area contributed by atoms with Gasteiger partial charge in [-0.25, -0.2) is 14.2 Å². The molecule has 1 aromatic carbocycles. The molecule has 106 valence electrons. The minimum atomic E-state index is -0.623. The van der Waals surface area contributed by atoms with Crippen molar-refractivity contribution in [2.75, 3.05) is 14.2 Å². The van der Waals surface area contributed by atoms with Crippen LogP contribution in [0.15, 0.2) is 12.1 Å². The van der Waals surface area contributed by atoms with E-state index in [1.54, 1.807) is 0 Å². The standard InChI is InChI=1S/C13H12ClFN2O3/c1-19-12-7(13(18)20-2)3-6-4-9(14)10(15)8(5-16)11(6)17-12/h3-4H,5,16H2,1-2H3. The molecule has 1 heterocycles. The van der Waals surface area contributed by atoms with E-state index in [0.717, 1.165) is 0 Å². The van der Waals surface area contributed by atoms with Crippen molar-refractivity contribution in [3.05, 3.63) is 34.1 Å². The van der Waals surface area contributed by atoms with Gasteiger partial charge in [-0.3, -0.25) is 0 Å². The Morgan fingerprint density at radius 3 is 2.70 bits per heavy atom. The van der Waals surface area contributed by atoms with Gasteiger partial charge in [-0.1, -0.05) is 11.6 Å². The quantitative estimate of drug-likeness (QED) is 0.880. The molecule has 0 aliphatic rings. The first-order chi connectivity index (χ1) is 9.53. The third-order valence-corrected chi connectivity index (χ3v) is 3.14. The van der Waals surface area contributed by atoms with Crippen molar-refractivity contribution < 1.29 is 18.7 Å². The highest BCUT2D eigenvalue weighted by molar-refractivity contribution is 6.31. The number of halogens is 2. The number of hydrogen-bond acceptors (Lipinski definition) is 5. The number of benzene rings is 1. The Kier molecular flexibility index (Phi) is 4.06. The normalized spacial score (nSPS) is 10.7. The molecule has 2 aromatic rings. The van der Waals surface area contributed by atoms with Crippen LogP contribution in [0, 0.1) is 5.82 Å². The van der Waals surface area contributed by atoms with Crippen molar-refractivity contribution in [3.63, 3.8) is 0 Å². The zero-order valence-electron chi connectivity index (χ0n) is 10.9. The van der Waals surface area contributed by atoms with Gasteiger partial charge in [-0.05, 0) is 12.1 Å². The molecule has 0 radical (unpaired) electrons. The number of aromatic nitrogens is 1. The third-order valence-electron chi connectivity index (χ3n) is 2.86. The van der Waals surface area contributed by atoms with Crippen molar-refractivity contribution in [1.29, 1.82) is 0 Å². The average Bonchev–Trinajstić information content (AvgIpc) is 2.46. The molecule has 0 fully saturated rings. The second kappa shape index (κ2) is 5.60. The number of nitrogens with zero attached hydrogens (tertiary/aromatic N) is 1. The van der Waals surface area contributed by atoms with Crippen LogP contribution in [-0.2, 0) is 11.3 Å². The predicted molar refractivity (Wildman–Crippen MR) is 72.5 cm³/mol. The summed E-state index contributed by atoms with van der Waals surface area (Å²) >= 11 is 5.81. The number of carbonyl (C=O) groups excluding carboxylic acids is 1. The van der Waals surface area contributed by atoms with Crippen molar-refractivity contribution in [2.24, 2.45) is 5.73 Å². The van der Waals surface area contributed by atoms with Gasteiger partial charge in [-0.2, -0.15) is 0 Å². The Hall–Kier alpha value is -1.92. The number of hydrogen-bond donors (Lipinski definition) is 1. The molecular formula is C13H12ClFN2O3. The number of fused-ring (bicyclic) bond motifs is 1. The van der Waals surface area contributed by atoms with E-state index >= 15 is 0 Å². The molecule has 0 saturated carbocycles. The van der Waals surface area contributed by atoms with Crippen LogP contribution in [0.2, 0.25) is 5.02 Å². The maximum atomic E-state index is 13.9. The fraction of sp³-hybridized carbons (Fsp3) is 0.231. The van der Waals surface area contributed by atoms with Crippen LogP contribution in [0.3, 0.4) is 0 Å². The van der Waals surface area contributed by atoms with Gasteiger partial charge in [0.2, 0.25) is 5.88 Å². The van der Waals surface area contributed by atoms with Crippen molar-refractivity contribution in [2.45, 2.75) is 6.54 Å². The van der Waals surface area contributed by atoms with Crippen molar-refractivity contribution >= 4 is 28.5 Å². The van der Waals surface area contributed by atoms with Gasteiger partial charge >= 0.3 is 5.97 Å². The van der Waals surface area contributed by atoms with Crippen molar-refractivity contribution in [1.82, 2.24) is 4.98 Å². The Morgan fingerprint density at radius 1 is 1.45 bits per heavy atom. The summed E-state index contributed by atoms with van der Waals surface area (Å²) in [4.78, 5) is 15.8. The summed E-state index contributed by atoms with van der Waals surface area (Å²) in [7, 11) is 2.60. The summed E-state index contributed by atoms with van der Waals surface area (Å²) in [5.41, 5.74) is 6.14. The minimum absolute atomic E-state index is 0.0424. The molecule has 0 bridgehead atoms. The maximum Gasteiger partial charge on any atom is 0.343 e. The van der Waals surface area contributed by atoms with E-state index in [9.17, 15) is 9.18 Å². The smallest absolute Gasteiger partial charge is 0.343 e. The fourth-order valence-corrected chi connectivity index (χ4v) is 2.14. The van der Waals surface area contributed by atoms with Crippen LogP contribution in [0.5, 0.6) is 5.88 Å². The molecule has 0 amide bonds. The second-order valence-electron chi connectivity index (χ2n) is 3.96. The van der Waals surface area contributed by atoms with Gasteiger partial charge in [0.15, 0.2) is 0 Å². The lowest BCUT2D eigenvalue weighted by Crippen LogP contribution is -2.08. The lowest BCUT2D eigenvalue weighted by atomic mass is 10.1. The zero-order chi connectivity index (χ0) is 14.9. The van der Waals surface area contributed by atoms with Gasteiger partial charge < -0.3 is 15.2 Å². The minimum Gasteiger partial charge on any atom is -0.480 e. The van der Waals surface area contributed by atoms with Crippen LogP contribution >= 0.6 is 11.6 Å².